The number of hydrogen-bond donors (Lipinski definition) is 2. The zero-order chi connectivity index (χ0) is 15.7. The highest BCUT2D eigenvalue weighted by atomic mass is 16.5. The van der Waals surface area contributed by atoms with Crippen LogP contribution in [0.15, 0.2) is 18.2 Å². The fourth-order valence-corrected chi connectivity index (χ4v) is 1.80. The lowest BCUT2D eigenvalue weighted by Crippen LogP contribution is -2.31. The van der Waals surface area contributed by atoms with Crippen molar-refractivity contribution in [2.75, 3.05) is 34.0 Å². The van der Waals surface area contributed by atoms with Crippen LogP contribution in [0.1, 0.15) is 12.5 Å². The van der Waals surface area contributed by atoms with Crippen molar-refractivity contribution >= 4 is 5.91 Å². The summed E-state index contributed by atoms with van der Waals surface area (Å²) >= 11 is 0. The van der Waals surface area contributed by atoms with E-state index in [0.717, 1.165) is 5.56 Å². The molecule has 1 unspecified atom stereocenters. The number of hydrogen-bond acceptors (Lipinski definition) is 5. The van der Waals surface area contributed by atoms with Crippen LogP contribution in [0, 0.1) is 0 Å². The van der Waals surface area contributed by atoms with Gasteiger partial charge in [-0.15, -0.1) is 0 Å². The number of nitrogens with two attached hydrogens (primary N) is 1. The van der Waals surface area contributed by atoms with Gasteiger partial charge in [0.15, 0.2) is 6.61 Å². The molecule has 1 atom stereocenters. The van der Waals surface area contributed by atoms with Crippen molar-refractivity contribution in [3.8, 4) is 11.5 Å². The molecule has 0 radical (unpaired) electrons. The van der Waals surface area contributed by atoms with Crippen LogP contribution in [0.5, 0.6) is 11.5 Å². The second-order valence-corrected chi connectivity index (χ2v) is 4.79. The van der Waals surface area contributed by atoms with Crippen molar-refractivity contribution in [3.05, 3.63) is 23.8 Å². The highest BCUT2D eigenvalue weighted by Gasteiger charge is 2.10. The van der Waals surface area contributed by atoms with Gasteiger partial charge in [-0.05, 0) is 25.0 Å². The van der Waals surface area contributed by atoms with Gasteiger partial charge < -0.3 is 25.3 Å². The number of carbonyl (C=O) groups is 1. The minimum Gasteiger partial charge on any atom is -0.497 e. The molecule has 0 fully saturated rings. The summed E-state index contributed by atoms with van der Waals surface area (Å²) in [6, 6.07) is 5.53. The second kappa shape index (κ2) is 9.20. The first-order valence-electron chi connectivity index (χ1n) is 6.87. The quantitative estimate of drug-likeness (QED) is 0.656. The van der Waals surface area contributed by atoms with Crippen LogP contribution in [0.25, 0.3) is 0 Å². The van der Waals surface area contributed by atoms with E-state index < -0.39 is 0 Å². The van der Waals surface area contributed by atoms with E-state index in [2.05, 4.69) is 5.32 Å². The molecule has 0 saturated carbocycles. The molecule has 1 aromatic carbocycles. The van der Waals surface area contributed by atoms with E-state index in [9.17, 15) is 4.79 Å². The van der Waals surface area contributed by atoms with Gasteiger partial charge in [0.1, 0.15) is 11.5 Å². The van der Waals surface area contributed by atoms with Crippen LogP contribution in [0.2, 0.25) is 0 Å². The van der Waals surface area contributed by atoms with Crippen LogP contribution in [-0.4, -0.2) is 45.9 Å². The Labute approximate surface area is 125 Å². The second-order valence-electron chi connectivity index (χ2n) is 4.79. The van der Waals surface area contributed by atoms with E-state index in [1.807, 2.05) is 19.1 Å². The van der Waals surface area contributed by atoms with Crippen molar-refractivity contribution < 1.29 is 19.0 Å². The Morgan fingerprint density at radius 1 is 1.38 bits per heavy atom. The average molecular weight is 296 g/mol. The zero-order valence-corrected chi connectivity index (χ0v) is 12.8. The van der Waals surface area contributed by atoms with Gasteiger partial charge in [-0.2, -0.15) is 0 Å². The molecule has 1 aromatic rings. The number of carbonyl (C=O) groups excluding carboxylic acids is 1. The predicted octanol–water partition coefficient (Wildman–Crippen LogP) is 0.726. The third-order valence-corrected chi connectivity index (χ3v) is 2.80. The Kier molecular flexibility index (Phi) is 7.56. The number of methoxy groups -OCH3 is 2. The van der Waals surface area contributed by atoms with Crippen LogP contribution >= 0.6 is 0 Å². The molecule has 0 heterocycles. The first kappa shape index (κ1) is 17.3. The van der Waals surface area contributed by atoms with Crippen molar-refractivity contribution in [3.63, 3.8) is 0 Å². The molecular formula is C15H24N2O4. The van der Waals surface area contributed by atoms with Gasteiger partial charge in [-0.25, -0.2) is 0 Å². The maximum atomic E-state index is 11.6. The Morgan fingerprint density at radius 2 is 2.14 bits per heavy atom. The molecule has 6 nitrogen and oxygen atoms in total. The van der Waals surface area contributed by atoms with E-state index in [4.69, 9.17) is 19.9 Å². The van der Waals surface area contributed by atoms with E-state index in [0.29, 0.717) is 31.1 Å². The van der Waals surface area contributed by atoms with Gasteiger partial charge in [0.05, 0.1) is 13.7 Å². The smallest absolute Gasteiger partial charge is 0.258 e. The summed E-state index contributed by atoms with van der Waals surface area (Å²) in [6.07, 6.45) is 0.671. The van der Waals surface area contributed by atoms with Gasteiger partial charge in [0.2, 0.25) is 0 Å². The molecule has 0 aliphatic rings. The van der Waals surface area contributed by atoms with E-state index in [1.165, 1.54) is 0 Å². The highest BCUT2D eigenvalue weighted by Crippen LogP contribution is 2.25. The average Bonchev–Trinajstić information content (AvgIpc) is 2.46. The fourth-order valence-electron chi connectivity index (χ4n) is 1.80. The molecule has 0 aliphatic heterocycles. The van der Waals surface area contributed by atoms with E-state index >= 15 is 0 Å². The summed E-state index contributed by atoms with van der Waals surface area (Å²) in [5.74, 6) is 1.10. The maximum absolute atomic E-state index is 11.6. The van der Waals surface area contributed by atoms with E-state index in [1.54, 1.807) is 20.3 Å². The number of ether oxygens (including phenoxy) is 3. The molecule has 0 spiro atoms. The number of rotatable bonds is 9. The summed E-state index contributed by atoms with van der Waals surface area (Å²) in [7, 11) is 3.17. The topological polar surface area (TPSA) is 82.8 Å². The Morgan fingerprint density at radius 3 is 2.76 bits per heavy atom. The van der Waals surface area contributed by atoms with Gasteiger partial charge >= 0.3 is 0 Å². The lowest BCUT2D eigenvalue weighted by atomic mass is 10.1. The lowest BCUT2D eigenvalue weighted by molar-refractivity contribution is -0.123. The fraction of sp³-hybridized carbons (Fsp3) is 0.533. The highest BCUT2D eigenvalue weighted by molar-refractivity contribution is 5.77. The van der Waals surface area contributed by atoms with E-state index in [-0.39, 0.29) is 18.6 Å². The molecule has 0 aliphatic carbocycles. The Balaban J connectivity index is 2.64. The molecule has 1 amide bonds. The minimum absolute atomic E-state index is 0.0104. The van der Waals surface area contributed by atoms with Crippen molar-refractivity contribution in [1.29, 1.82) is 0 Å². The summed E-state index contributed by atoms with van der Waals surface area (Å²) in [5.41, 5.74) is 6.78. The molecule has 118 valence electrons. The summed E-state index contributed by atoms with van der Waals surface area (Å²) in [6.45, 7) is 2.80. The molecule has 21 heavy (non-hydrogen) atoms. The van der Waals surface area contributed by atoms with Crippen molar-refractivity contribution in [2.24, 2.45) is 5.73 Å². The van der Waals surface area contributed by atoms with Gasteiger partial charge in [-0.1, -0.05) is 6.07 Å². The number of amides is 1. The summed E-state index contributed by atoms with van der Waals surface area (Å²) in [5, 5.41) is 2.70. The molecule has 6 heteroatoms. The third-order valence-electron chi connectivity index (χ3n) is 2.80. The third kappa shape index (κ3) is 6.46. The molecule has 0 bridgehead atoms. The van der Waals surface area contributed by atoms with Gasteiger partial charge in [0.25, 0.3) is 5.91 Å². The summed E-state index contributed by atoms with van der Waals surface area (Å²) in [4.78, 5) is 11.6. The largest absolute Gasteiger partial charge is 0.497 e. The monoisotopic (exact) mass is 296 g/mol. The maximum Gasteiger partial charge on any atom is 0.258 e. The number of nitrogens with one attached hydrogen (secondary N) is 1. The predicted molar refractivity (Wildman–Crippen MR) is 80.7 cm³/mol. The van der Waals surface area contributed by atoms with Gasteiger partial charge in [-0.3, -0.25) is 4.79 Å². The Bertz CT molecular complexity index is 449. The lowest BCUT2D eigenvalue weighted by Gasteiger charge is -2.14. The first-order chi connectivity index (χ1) is 10.1. The van der Waals surface area contributed by atoms with Crippen LogP contribution in [0.3, 0.4) is 0 Å². The Hall–Kier alpha value is -1.79. The SMILES string of the molecule is COCCNC(=O)COc1cc(OC)ccc1CC(C)N. The molecule has 0 aromatic heterocycles. The normalized spacial score (nSPS) is 11.8. The number of benzene rings is 1. The molecule has 1 rings (SSSR count). The molecule has 3 N–H and O–H groups in total. The minimum atomic E-state index is -0.193. The first-order valence-corrected chi connectivity index (χ1v) is 6.87. The zero-order valence-electron chi connectivity index (χ0n) is 12.8. The molecule has 0 saturated heterocycles. The van der Waals surface area contributed by atoms with Crippen LogP contribution < -0.4 is 20.5 Å². The van der Waals surface area contributed by atoms with Crippen LogP contribution in [-0.2, 0) is 16.0 Å². The summed E-state index contributed by atoms with van der Waals surface area (Å²) < 4.78 is 15.6. The van der Waals surface area contributed by atoms with Crippen molar-refractivity contribution in [2.45, 2.75) is 19.4 Å². The molecular weight excluding hydrogens is 272 g/mol. The van der Waals surface area contributed by atoms with Crippen molar-refractivity contribution in [1.82, 2.24) is 5.32 Å². The van der Waals surface area contributed by atoms with Crippen LogP contribution in [0.4, 0.5) is 0 Å². The van der Waals surface area contributed by atoms with Gasteiger partial charge in [0, 0.05) is 25.8 Å². The standard InChI is InChI=1S/C15H24N2O4/c1-11(16)8-12-4-5-13(20-3)9-14(12)21-10-15(18)17-6-7-19-2/h4-5,9,11H,6-8,10,16H2,1-3H3,(H,17,18).